The number of unbranched alkanes of at least 4 members (excludes halogenated alkanes) is 4. The summed E-state index contributed by atoms with van der Waals surface area (Å²) < 4.78 is 7.90. The second-order valence-corrected chi connectivity index (χ2v) is 13.6. The zero-order valence-corrected chi connectivity index (χ0v) is 30.7. The van der Waals surface area contributed by atoms with Crippen LogP contribution in [-0.2, 0) is 9.53 Å². The molecule has 3 heterocycles. The van der Waals surface area contributed by atoms with E-state index in [0.717, 1.165) is 109 Å². The predicted molar refractivity (Wildman–Crippen MR) is 208 cm³/mol. The molecule has 0 unspecified atom stereocenters. The third-order valence-electron chi connectivity index (χ3n) is 9.29. The van der Waals surface area contributed by atoms with Crippen LogP contribution in [-0.4, -0.2) is 48.0 Å². The summed E-state index contributed by atoms with van der Waals surface area (Å²) in [7, 11) is 6.12. The van der Waals surface area contributed by atoms with Crippen LogP contribution in [0.4, 0.5) is 5.82 Å². The van der Waals surface area contributed by atoms with Crippen molar-refractivity contribution in [1.29, 1.82) is 0 Å². The number of benzene rings is 1. The highest BCUT2D eigenvalue weighted by molar-refractivity contribution is 6.32. The number of ether oxygens (including phenoxy) is 1. The number of hydrogen-bond donors (Lipinski definition) is 0. The minimum atomic E-state index is -0.0864. The lowest BCUT2D eigenvalue weighted by Crippen LogP contribution is -2.36. The smallest absolute Gasteiger partial charge is 0.305 e. The van der Waals surface area contributed by atoms with Crippen molar-refractivity contribution < 1.29 is 9.53 Å². The number of carbonyl (C=O) groups is 1. The molecule has 1 aliphatic rings. The molecule has 4 rings (SSSR count). The molecule has 0 amide bonds. The number of rotatable bonds is 18. The van der Waals surface area contributed by atoms with Gasteiger partial charge in [-0.15, -0.1) is 0 Å². The van der Waals surface area contributed by atoms with Crippen molar-refractivity contribution in [1.82, 2.24) is 14.5 Å². The molecule has 1 fully saturated rings. The fourth-order valence-electron chi connectivity index (χ4n) is 6.68. The molecule has 0 saturated carbocycles. The van der Waals surface area contributed by atoms with E-state index < -0.39 is 0 Å². The molecule has 0 aliphatic carbocycles. The van der Waals surface area contributed by atoms with E-state index in [1.807, 2.05) is 19.1 Å². The molecule has 0 bridgehead atoms. The van der Waals surface area contributed by atoms with Gasteiger partial charge in [-0.05, 0) is 108 Å². The van der Waals surface area contributed by atoms with Gasteiger partial charge in [-0.3, -0.25) is 4.79 Å². The summed E-state index contributed by atoms with van der Waals surface area (Å²) >= 11 is 0. The van der Waals surface area contributed by atoms with Crippen molar-refractivity contribution in [3.63, 3.8) is 0 Å². The summed E-state index contributed by atoms with van der Waals surface area (Å²) in [5, 5.41) is 1.10. The average Bonchev–Trinajstić information content (AvgIpc) is 3.39. The lowest BCUT2D eigenvalue weighted by atomic mass is 9.91. The highest BCUT2D eigenvalue weighted by Crippen LogP contribution is 2.34. The number of nitrogens with zero attached hydrogens (tertiary/aromatic N) is 4. The van der Waals surface area contributed by atoms with Crippen molar-refractivity contribution in [2.24, 2.45) is 5.92 Å². The first kappa shape index (κ1) is 37.9. The fraction of sp³-hybridized carbons (Fsp3) is 0.500. The molecule has 3 aromatic rings. The van der Waals surface area contributed by atoms with Gasteiger partial charge in [-0.1, -0.05) is 86.0 Å². The standard InChI is InChI=1S/C42H57BN4O2/c1-6-7-8-9-10-11-12-13-14-15-16-17-18-19-20-21-22-23-38(48)49-31-36-24-26-46(27-25-36)41-39-34(4)30-47(42(39)45-35(5)44-41)40-32(2)28-37(43)29-33(40)3/h10-11,13-14,16-17,19-20,28-30,36H,6-9,12,15,18,21-27,31H2,1-5H3/b11-10-,14-13-,17-16-,20-19-. The molecule has 0 spiro atoms. The Balaban J connectivity index is 1.15. The SMILES string of the molecule is [B]c1cc(C)c(-n2cc(C)c3c(N4CCC(COC(=O)CCC/C=C\C/C=C\C/C=C\C/C=C\CCCCC)CC4)nc(C)nc32)c(C)c1. The molecule has 2 radical (unpaired) electrons. The van der Waals surface area contributed by atoms with Crippen molar-refractivity contribution in [3.8, 4) is 5.69 Å². The van der Waals surface area contributed by atoms with Gasteiger partial charge in [0, 0.05) is 25.7 Å². The molecule has 7 heteroatoms. The van der Waals surface area contributed by atoms with Crippen molar-refractivity contribution in [2.45, 2.75) is 112 Å². The Hall–Kier alpha value is -3.87. The van der Waals surface area contributed by atoms with Crippen LogP contribution in [0.25, 0.3) is 16.7 Å². The number of aryl methyl sites for hydroxylation is 4. The molecule has 0 atom stereocenters. The van der Waals surface area contributed by atoms with E-state index in [-0.39, 0.29) is 5.97 Å². The maximum absolute atomic E-state index is 12.4. The molecule has 1 aliphatic heterocycles. The van der Waals surface area contributed by atoms with E-state index in [1.165, 1.54) is 25.7 Å². The first-order valence-corrected chi connectivity index (χ1v) is 18.5. The minimum Gasteiger partial charge on any atom is -0.465 e. The van der Waals surface area contributed by atoms with Crippen LogP contribution < -0.4 is 10.4 Å². The molecule has 1 aromatic carbocycles. The topological polar surface area (TPSA) is 60.2 Å². The molecule has 2 aromatic heterocycles. The third kappa shape index (κ3) is 11.6. The normalized spacial score (nSPS) is 14.5. The molecule has 6 nitrogen and oxygen atoms in total. The summed E-state index contributed by atoms with van der Waals surface area (Å²) in [6.07, 6.45) is 32.2. The van der Waals surface area contributed by atoms with Crippen LogP contribution >= 0.6 is 0 Å². The monoisotopic (exact) mass is 660 g/mol. The number of anilines is 1. The van der Waals surface area contributed by atoms with Crippen LogP contribution in [0.2, 0.25) is 0 Å². The third-order valence-corrected chi connectivity index (χ3v) is 9.29. The summed E-state index contributed by atoms with van der Waals surface area (Å²) in [6, 6.07) is 4.03. The van der Waals surface area contributed by atoms with Crippen molar-refractivity contribution in [2.75, 3.05) is 24.6 Å². The number of piperidine rings is 1. The lowest BCUT2D eigenvalue weighted by molar-refractivity contribution is -0.145. The molecule has 49 heavy (non-hydrogen) atoms. The lowest BCUT2D eigenvalue weighted by Gasteiger charge is -2.33. The number of allylic oxidation sites excluding steroid dienone is 8. The van der Waals surface area contributed by atoms with E-state index in [2.05, 4.69) is 92.0 Å². The zero-order valence-electron chi connectivity index (χ0n) is 30.7. The van der Waals surface area contributed by atoms with Gasteiger partial charge in [0.2, 0.25) is 0 Å². The fourth-order valence-corrected chi connectivity index (χ4v) is 6.68. The number of esters is 1. The number of carbonyl (C=O) groups excluding carboxylic acids is 1. The van der Waals surface area contributed by atoms with Crippen LogP contribution in [0, 0.1) is 33.6 Å². The van der Waals surface area contributed by atoms with Gasteiger partial charge in [-0.2, -0.15) is 0 Å². The maximum atomic E-state index is 12.4. The average molecular weight is 661 g/mol. The largest absolute Gasteiger partial charge is 0.465 e. The quantitative estimate of drug-likeness (QED) is 0.0589. The Kier molecular flexibility index (Phi) is 15.5. The molecule has 1 saturated heterocycles. The summed E-state index contributed by atoms with van der Waals surface area (Å²) in [5.41, 5.74) is 6.22. The highest BCUT2D eigenvalue weighted by atomic mass is 16.5. The van der Waals surface area contributed by atoms with Gasteiger partial charge in [0.25, 0.3) is 0 Å². The number of hydrogen-bond acceptors (Lipinski definition) is 5. The number of fused-ring (bicyclic) bond motifs is 1. The van der Waals surface area contributed by atoms with Gasteiger partial charge >= 0.3 is 5.97 Å². The molecule has 0 N–H and O–H groups in total. The Labute approximate surface area is 296 Å². The Morgan fingerprint density at radius 2 is 1.43 bits per heavy atom. The second kappa shape index (κ2) is 20.0. The molecular weight excluding hydrogens is 603 g/mol. The molecular formula is C42H57BN4O2. The van der Waals surface area contributed by atoms with Gasteiger partial charge in [0.05, 0.1) is 17.7 Å². The predicted octanol–water partition coefficient (Wildman–Crippen LogP) is 9.35. The van der Waals surface area contributed by atoms with E-state index in [1.54, 1.807) is 0 Å². The first-order valence-electron chi connectivity index (χ1n) is 18.5. The van der Waals surface area contributed by atoms with Gasteiger partial charge < -0.3 is 14.2 Å². The van der Waals surface area contributed by atoms with E-state index in [0.29, 0.717) is 18.9 Å². The Morgan fingerprint density at radius 1 is 0.837 bits per heavy atom. The van der Waals surface area contributed by atoms with Crippen LogP contribution in [0.15, 0.2) is 66.9 Å². The van der Waals surface area contributed by atoms with E-state index >= 15 is 0 Å². The Bertz CT molecular complexity index is 1600. The van der Waals surface area contributed by atoms with E-state index in [9.17, 15) is 4.79 Å². The van der Waals surface area contributed by atoms with Crippen LogP contribution in [0.1, 0.15) is 106 Å². The first-order chi connectivity index (χ1) is 23.8. The number of aromatic nitrogens is 3. The van der Waals surface area contributed by atoms with Gasteiger partial charge in [-0.25, -0.2) is 9.97 Å². The summed E-state index contributed by atoms with van der Waals surface area (Å²) in [6.45, 7) is 12.8. The van der Waals surface area contributed by atoms with Crippen LogP contribution in [0.5, 0.6) is 0 Å². The Morgan fingerprint density at radius 3 is 2.04 bits per heavy atom. The van der Waals surface area contributed by atoms with Crippen molar-refractivity contribution >= 4 is 36.1 Å². The van der Waals surface area contributed by atoms with Crippen LogP contribution in [0.3, 0.4) is 0 Å². The van der Waals surface area contributed by atoms with Gasteiger partial charge in [0.1, 0.15) is 19.5 Å². The summed E-state index contributed by atoms with van der Waals surface area (Å²) in [5.74, 6) is 2.04. The van der Waals surface area contributed by atoms with Crippen molar-refractivity contribution in [3.05, 3.63) is 89.5 Å². The molecule has 260 valence electrons. The second-order valence-electron chi connectivity index (χ2n) is 13.6. The minimum absolute atomic E-state index is 0.0864. The maximum Gasteiger partial charge on any atom is 0.305 e. The van der Waals surface area contributed by atoms with E-state index in [4.69, 9.17) is 22.6 Å². The zero-order chi connectivity index (χ0) is 35.0. The van der Waals surface area contributed by atoms with Gasteiger partial charge in [0.15, 0.2) is 5.65 Å². The highest BCUT2D eigenvalue weighted by Gasteiger charge is 2.25. The summed E-state index contributed by atoms with van der Waals surface area (Å²) in [4.78, 5) is 24.6.